The lowest BCUT2D eigenvalue weighted by Crippen LogP contribution is -2.45. The first-order valence-electron chi connectivity index (χ1n) is 14.0. The molecule has 0 radical (unpaired) electrons. The number of carbonyl (C=O) groups is 2. The Kier molecular flexibility index (Phi) is 9.31. The minimum Gasteiger partial charge on any atom is -0.393 e. The van der Waals surface area contributed by atoms with E-state index in [2.05, 4.69) is 33.0 Å². The third-order valence-electron chi connectivity index (χ3n) is 10.9. The second-order valence-corrected chi connectivity index (χ2v) is 12.9. The summed E-state index contributed by atoms with van der Waals surface area (Å²) in [5.74, 6) is 1.51. The highest BCUT2D eigenvalue weighted by Gasteiger charge is 2.51. The quantitative estimate of drug-likeness (QED) is 0.280. The van der Waals surface area contributed by atoms with Gasteiger partial charge in [-0.25, -0.2) is 5.48 Å². The highest BCUT2D eigenvalue weighted by molar-refractivity contribution is 5.86. The van der Waals surface area contributed by atoms with Crippen LogP contribution in [0.1, 0.15) is 105 Å². The van der Waals surface area contributed by atoms with Gasteiger partial charge in [0, 0.05) is 6.42 Å². The van der Waals surface area contributed by atoms with Gasteiger partial charge >= 0.3 is 0 Å². The van der Waals surface area contributed by atoms with Crippen molar-refractivity contribution >= 4 is 11.8 Å². The molecule has 0 bridgehead atoms. The Labute approximate surface area is 211 Å². The number of amides is 2. The molecule has 35 heavy (non-hydrogen) atoms. The van der Waals surface area contributed by atoms with Gasteiger partial charge in [0.1, 0.15) is 6.04 Å². The van der Waals surface area contributed by atoms with Crippen molar-refractivity contribution < 1.29 is 25.0 Å². The van der Waals surface area contributed by atoms with Gasteiger partial charge in [-0.15, -0.1) is 0 Å². The van der Waals surface area contributed by atoms with E-state index >= 15 is 0 Å². The van der Waals surface area contributed by atoms with E-state index < -0.39 is 11.9 Å². The Morgan fingerprint density at radius 1 is 0.914 bits per heavy atom. The predicted molar refractivity (Wildman–Crippen MR) is 135 cm³/mol. The Hall–Kier alpha value is -1.18. The third-order valence-corrected chi connectivity index (χ3v) is 10.9. The van der Waals surface area contributed by atoms with Gasteiger partial charge in [0.2, 0.25) is 5.91 Å². The van der Waals surface area contributed by atoms with Gasteiger partial charge in [-0.3, -0.25) is 14.8 Å². The Bertz CT molecular complexity index is 747. The molecule has 7 nitrogen and oxygen atoms in total. The van der Waals surface area contributed by atoms with Crippen LogP contribution in [0.4, 0.5) is 0 Å². The summed E-state index contributed by atoms with van der Waals surface area (Å²) in [6, 6.07) is -0.761. The second-order valence-electron chi connectivity index (χ2n) is 12.9. The molecule has 3 saturated carbocycles. The van der Waals surface area contributed by atoms with Crippen molar-refractivity contribution in [3.63, 3.8) is 0 Å². The largest absolute Gasteiger partial charge is 0.393 e. The van der Waals surface area contributed by atoms with E-state index in [4.69, 9.17) is 5.21 Å². The van der Waals surface area contributed by atoms with Crippen molar-refractivity contribution in [3.05, 3.63) is 0 Å². The first-order chi connectivity index (χ1) is 16.4. The van der Waals surface area contributed by atoms with Crippen LogP contribution in [0.2, 0.25) is 0 Å². The SMILES string of the molecule is C[C@H](CCC(=O)N[C@H](C)C(=O)NO)[C@H]1CC[C@H]2C[C@@H](O)C[C@@H]3C[C@H](O)CC[C@]3(C)[C@H](C)CC[C@@]21C. The fourth-order valence-corrected chi connectivity index (χ4v) is 8.11. The number of aliphatic hydroxyl groups excluding tert-OH is 2. The molecule has 3 rings (SSSR count). The fraction of sp³-hybridized carbons (Fsp3) is 0.929. The van der Waals surface area contributed by atoms with Crippen molar-refractivity contribution in [1.82, 2.24) is 10.8 Å². The first-order valence-corrected chi connectivity index (χ1v) is 14.0. The molecule has 7 heteroatoms. The molecule has 2 amide bonds. The van der Waals surface area contributed by atoms with Crippen molar-refractivity contribution in [2.45, 2.75) is 123 Å². The van der Waals surface area contributed by atoms with Crippen LogP contribution >= 0.6 is 0 Å². The molecule has 202 valence electrons. The molecule has 0 aromatic heterocycles. The van der Waals surface area contributed by atoms with Crippen LogP contribution < -0.4 is 10.8 Å². The summed E-state index contributed by atoms with van der Waals surface area (Å²) in [5, 5.41) is 32.9. The number of nitrogens with one attached hydrogen (secondary N) is 2. The number of carbonyl (C=O) groups excluding carboxylic acids is 2. The van der Waals surface area contributed by atoms with Crippen molar-refractivity contribution in [1.29, 1.82) is 0 Å². The smallest absolute Gasteiger partial charge is 0.265 e. The zero-order chi connectivity index (χ0) is 26.0. The van der Waals surface area contributed by atoms with E-state index in [1.54, 1.807) is 12.4 Å². The molecule has 3 aliphatic rings. The summed E-state index contributed by atoms with van der Waals surface area (Å²) < 4.78 is 0. The van der Waals surface area contributed by atoms with E-state index in [-0.39, 0.29) is 28.9 Å². The molecule has 0 aromatic rings. The molecular weight excluding hydrogens is 444 g/mol. The van der Waals surface area contributed by atoms with Crippen LogP contribution in [0.3, 0.4) is 0 Å². The molecule has 10 atom stereocenters. The summed E-state index contributed by atoms with van der Waals surface area (Å²) in [4.78, 5) is 23.9. The van der Waals surface area contributed by atoms with E-state index in [1.165, 1.54) is 6.42 Å². The van der Waals surface area contributed by atoms with E-state index in [1.807, 2.05) is 0 Å². The molecule has 0 aliphatic heterocycles. The van der Waals surface area contributed by atoms with Crippen molar-refractivity contribution in [2.75, 3.05) is 0 Å². The van der Waals surface area contributed by atoms with Crippen LogP contribution in [-0.2, 0) is 9.59 Å². The average molecular weight is 495 g/mol. The Morgan fingerprint density at radius 3 is 2.23 bits per heavy atom. The van der Waals surface area contributed by atoms with Crippen LogP contribution in [0.5, 0.6) is 0 Å². The van der Waals surface area contributed by atoms with Gasteiger partial charge in [-0.1, -0.05) is 27.7 Å². The summed E-state index contributed by atoms with van der Waals surface area (Å²) in [5.41, 5.74) is 1.89. The zero-order valence-corrected chi connectivity index (χ0v) is 22.6. The van der Waals surface area contributed by atoms with Gasteiger partial charge < -0.3 is 15.5 Å². The summed E-state index contributed by atoms with van der Waals surface area (Å²) in [6.45, 7) is 11.0. The number of aliphatic hydroxyl groups is 2. The second kappa shape index (κ2) is 11.5. The molecule has 0 heterocycles. The van der Waals surface area contributed by atoms with Gasteiger partial charge in [0.15, 0.2) is 0 Å². The number of hydroxylamine groups is 1. The average Bonchev–Trinajstić information content (AvgIpc) is 3.13. The third kappa shape index (κ3) is 6.22. The van der Waals surface area contributed by atoms with Crippen LogP contribution in [-0.4, -0.2) is 45.5 Å². The van der Waals surface area contributed by atoms with E-state index in [0.717, 1.165) is 57.8 Å². The van der Waals surface area contributed by atoms with Crippen molar-refractivity contribution in [2.24, 2.45) is 40.4 Å². The number of rotatable bonds is 6. The Morgan fingerprint density at radius 2 is 1.54 bits per heavy atom. The molecule has 0 spiro atoms. The van der Waals surface area contributed by atoms with Gasteiger partial charge in [0.05, 0.1) is 12.2 Å². The maximum absolute atomic E-state index is 12.4. The lowest BCUT2D eigenvalue weighted by atomic mass is 9.55. The summed E-state index contributed by atoms with van der Waals surface area (Å²) in [7, 11) is 0. The highest BCUT2D eigenvalue weighted by atomic mass is 16.5. The lowest BCUT2D eigenvalue weighted by molar-refractivity contribution is -0.134. The van der Waals surface area contributed by atoms with Crippen LogP contribution in [0.15, 0.2) is 0 Å². The standard InChI is InChI=1S/C28H50N2O5/c1-17(6-9-25(33)29-19(3)26(34)30-35)24-8-7-20-14-23(32)16-21-15-22(31)11-13-27(21,4)18(2)10-12-28(20,24)5/h17-24,31-32,35H,6-16H2,1-5H3,(H,29,33)(H,30,34)/t17-,18-,19-,20+,21+,22-,23-,24-,27-,28+/m1/s1. The minimum atomic E-state index is -0.761. The Balaban J connectivity index is 1.68. The monoisotopic (exact) mass is 494 g/mol. The first kappa shape index (κ1) is 28.4. The predicted octanol–water partition coefficient (Wildman–Crippen LogP) is 4.18. The lowest BCUT2D eigenvalue weighted by Gasteiger charge is -2.51. The number of fused-ring (bicyclic) bond motifs is 2. The molecule has 3 fully saturated rings. The molecule has 5 N–H and O–H groups in total. The fourth-order valence-electron chi connectivity index (χ4n) is 8.11. The maximum Gasteiger partial charge on any atom is 0.265 e. The van der Waals surface area contributed by atoms with E-state index in [0.29, 0.717) is 36.0 Å². The molecule has 3 aliphatic carbocycles. The normalized spacial score (nSPS) is 41.7. The maximum atomic E-state index is 12.4. The zero-order valence-electron chi connectivity index (χ0n) is 22.6. The number of hydrogen-bond acceptors (Lipinski definition) is 5. The minimum absolute atomic E-state index is 0.145. The topological polar surface area (TPSA) is 119 Å². The van der Waals surface area contributed by atoms with Crippen LogP contribution in [0, 0.1) is 40.4 Å². The highest BCUT2D eigenvalue weighted by Crippen LogP contribution is 2.59. The van der Waals surface area contributed by atoms with Gasteiger partial charge in [-0.2, -0.15) is 0 Å². The van der Waals surface area contributed by atoms with Gasteiger partial charge in [0.25, 0.3) is 5.91 Å². The number of hydrogen-bond donors (Lipinski definition) is 5. The summed E-state index contributed by atoms with van der Waals surface area (Å²) >= 11 is 0. The molecule has 0 unspecified atom stereocenters. The molecular formula is C28H50N2O5. The molecule has 0 aromatic carbocycles. The van der Waals surface area contributed by atoms with Gasteiger partial charge in [-0.05, 0) is 112 Å². The van der Waals surface area contributed by atoms with E-state index in [9.17, 15) is 19.8 Å². The van der Waals surface area contributed by atoms with Crippen molar-refractivity contribution in [3.8, 4) is 0 Å². The summed E-state index contributed by atoms with van der Waals surface area (Å²) in [6.07, 6.45) is 9.51. The van der Waals surface area contributed by atoms with Crippen LogP contribution in [0.25, 0.3) is 0 Å². The molecule has 0 saturated heterocycles.